The van der Waals surface area contributed by atoms with Gasteiger partial charge in [0.15, 0.2) is 23.6 Å². The minimum absolute atomic E-state index is 0.145. The van der Waals surface area contributed by atoms with Crippen LogP contribution in [0, 0.1) is 34.5 Å². The highest BCUT2D eigenvalue weighted by atomic mass is 16.6. The molecule has 5 aliphatic rings. The maximum atomic E-state index is 15.7. The van der Waals surface area contributed by atoms with Gasteiger partial charge in [-0.25, -0.2) is 14.4 Å². The van der Waals surface area contributed by atoms with Gasteiger partial charge in [0, 0.05) is 42.6 Å². The summed E-state index contributed by atoms with van der Waals surface area (Å²) in [5, 5.41) is 30.9. The second-order valence-electron chi connectivity index (χ2n) is 19.0. The van der Waals surface area contributed by atoms with Crippen molar-refractivity contribution in [3.05, 3.63) is 83.1 Å². The van der Waals surface area contributed by atoms with Crippen molar-refractivity contribution in [2.75, 3.05) is 6.61 Å². The normalized spacial score (nSPS) is 34.2. The van der Waals surface area contributed by atoms with Crippen LogP contribution in [0.25, 0.3) is 0 Å². The Labute approximate surface area is 354 Å². The Morgan fingerprint density at radius 1 is 0.934 bits per heavy atom. The molecule has 2 bridgehead atoms. The smallest absolute Gasteiger partial charge is 0.342 e. The molecule has 1 spiro atoms. The number of Topliss-reactive ketones (excluding diaryl/α,β-unsaturated/α-hetero) is 1. The number of carbonyl (C=O) groups is 6. The number of carbonyl (C=O) groups excluding carboxylic acids is 6. The summed E-state index contributed by atoms with van der Waals surface area (Å²) in [5.41, 5.74) is -6.61. The number of rotatable bonds is 9. The van der Waals surface area contributed by atoms with Crippen LogP contribution in [0.1, 0.15) is 97.1 Å². The molecule has 3 saturated carbocycles. The molecule has 4 N–H and O–H groups in total. The van der Waals surface area contributed by atoms with Crippen LogP contribution in [-0.2, 0) is 42.9 Å². The standard InChI is InChI=1S/C46H56N2O13/c1-23-30(59-40(54)34(51)33(27-16-12-10-13-17-27)47-41(55)48-42(5,6)7)21-45(56)38(60-39(53)28-18-14-11-15-19-28)36-44(61-26(4)50)22-57-31(44)20-29-24(2)46(29,36)37(52)35(58-25(3)49)32(23)43(45,8)9/h10-19,24,29,31-36,38,51,56H,20-22H2,1-9H3,(H2,47,48,55)/t24-,29+,31+,32?,33-,34+,35+,36+,38-,44-,45+,46+/m0/s1. The van der Waals surface area contributed by atoms with Crippen LogP contribution in [0.4, 0.5) is 4.79 Å². The fourth-order valence-electron chi connectivity index (χ4n) is 11.2. The first-order valence-corrected chi connectivity index (χ1v) is 20.8. The number of ketones is 1. The monoisotopic (exact) mass is 844 g/mol. The van der Waals surface area contributed by atoms with Gasteiger partial charge in [0.05, 0.1) is 24.1 Å². The largest absolute Gasteiger partial charge is 0.455 e. The highest BCUT2D eigenvalue weighted by molar-refractivity contribution is 5.96. The minimum Gasteiger partial charge on any atom is -0.455 e. The van der Waals surface area contributed by atoms with E-state index < -0.39 is 124 Å². The van der Waals surface area contributed by atoms with E-state index in [1.54, 1.807) is 102 Å². The van der Waals surface area contributed by atoms with E-state index in [-0.39, 0.29) is 23.5 Å². The van der Waals surface area contributed by atoms with Gasteiger partial charge in [-0.15, -0.1) is 0 Å². The van der Waals surface area contributed by atoms with Crippen molar-refractivity contribution in [1.82, 2.24) is 10.6 Å². The summed E-state index contributed by atoms with van der Waals surface area (Å²) in [6.07, 6.45) is -6.09. The van der Waals surface area contributed by atoms with Gasteiger partial charge in [0.25, 0.3) is 0 Å². The molecule has 1 heterocycles. The van der Waals surface area contributed by atoms with Crippen molar-refractivity contribution in [2.45, 2.75) is 122 Å². The quantitative estimate of drug-likeness (QED) is 0.203. The third kappa shape index (κ3) is 7.11. The van der Waals surface area contributed by atoms with Gasteiger partial charge in [0.2, 0.25) is 0 Å². The average molecular weight is 845 g/mol. The van der Waals surface area contributed by atoms with Crippen LogP contribution in [-0.4, -0.2) is 93.7 Å². The van der Waals surface area contributed by atoms with Crippen molar-refractivity contribution in [3.63, 3.8) is 0 Å². The van der Waals surface area contributed by atoms with Crippen molar-refractivity contribution in [2.24, 2.45) is 34.5 Å². The summed E-state index contributed by atoms with van der Waals surface area (Å²) in [7, 11) is 0. The lowest BCUT2D eigenvalue weighted by atomic mass is 9.47. The first-order valence-electron chi connectivity index (χ1n) is 20.8. The molecule has 2 aromatic carbocycles. The molecule has 4 aliphatic carbocycles. The van der Waals surface area contributed by atoms with Gasteiger partial charge in [-0.1, -0.05) is 69.3 Å². The maximum Gasteiger partial charge on any atom is 0.342 e. The van der Waals surface area contributed by atoms with E-state index >= 15 is 4.79 Å². The number of aliphatic hydroxyl groups is 2. The zero-order valence-electron chi connectivity index (χ0n) is 36.0. The Morgan fingerprint density at radius 3 is 2.11 bits per heavy atom. The van der Waals surface area contributed by atoms with Crippen molar-refractivity contribution >= 4 is 35.7 Å². The maximum absolute atomic E-state index is 15.7. The fourth-order valence-corrected chi connectivity index (χ4v) is 11.2. The minimum atomic E-state index is -2.25. The lowest BCUT2D eigenvalue weighted by molar-refractivity contribution is -0.327. The third-order valence-electron chi connectivity index (χ3n) is 14.0. The summed E-state index contributed by atoms with van der Waals surface area (Å²) in [6, 6.07) is 14.4. The Balaban J connectivity index is 1.39. The van der Waals surface area contributed by atoms with Crippen LogP contribution < -0.4 is 10.6 Å². The fraction of sp³-hybridized carbons (Fsp3) is 0.565. The highest BCUT2D eigenvalue weighted by Gasteiger charge is 2.87. The molecule has 4 fully saturated rings. The predicted molar refractivity (Wildman–Crippen MR) is 216 cm³/mol. The number of ether oxygens (including phenoxy) is 5. The Morgan fingerprint density at radius 2 is 1.56 bits per heavy atom. The van der Waals surface area contributed by atoms with Gasteiger partial charge in [-0.3, -0.25) is 14.4 Å². The molecule has 2 amide bonds. The average Bonchev–Trinajstić information content (AvgIpc) is 3.77. The molecule has 61 heavy (non-hydrogen) atoms. The van der Waals surface area contributed by atoms with E-state index in [9.17, 15) is 34.2 Å². The first kappa shape index (κ1) is 44.0. The van der Waals surface area contributed by atoms with Gasteiger partial charge >= 0.3 is 29.9 Å². The molecule has 12 atom stereocenters. The third-order valence-corrected chi connectivity index (χ3v) is 14.0. The van der Waals surface area contributed by atoms with Gasteiger partial charge in [-0.2, -0.15) is 0 Å². The SMILES string of the molecule is CC(=O)O[C@H]1C(=O)[C@]23[C@H](C[C@H]4OC[C@@]4(OC(C)=O)[C@H]2[C@H](OC(=O)c2ccccc2)[C@]2(O)CC(OC(=O)[C@H](O)[C@@H](NC(=O)NC(C)(C)C)c4ccccc4)=C(C)C1C2(C)C)[C@@H]3C. The molecule has 15 heteroatoms. The number of amides is 2. The second kappa shape index (κ2) is 15.3. The van der Waals surface area contributed by atoms with Crippen molar-refractivity contribution in [3.8, 4) is 0 Å². The summed E-state index contributed by atoms with van der Waals surface area (Å²) in [5.74, 6) is -7.40. The number of fused-ring (bicyclic) bond motifs is 4. The van der Waals surface area contributed by atoms with E-state index in [1.165, 1.54) is 13.8 Å². The zero-order chi connectivity index (χ0) is 44.6. The van der Waals surface area contributed by atoms with E-state index in [1.807, 2.05) is 6.92 Å². The van der Waals surface area contributed by atoms with Crippen molar-refractivity contribution in [1.29, 1.82) is 0 Å². The molecule has 0 radical (unpaired) electrons. The first-order chi connectivity index (χ1) is 28.5. The highest BCUT2D eigenvalue weighted by Crippen LogP contribution is 2.77. The number of nitrogens with one attached hydrogen (secondary N) is 2. The van der Waals surface area contributed by atoms with Gasteiger partial charge in [0.1, 0.15) is 23.6 Å². The molecule has 1 unspecified atom stereocenters. The molecular formula is C46H56N2O13. The molecule has 15 nitrogen and oxygen atoms in total. The van der Waals surface area contributed by atoms with Crippen LogP contribution in [0.15, 0.2) is 72.0 Å². The van der Waals surface area contributed by atoms with Gasteiger partial charge < -0.3 is 44.5 Å². The van der Waals surface area contributed by atoms with Crippen LogP contribution in [0.3, 0.4) is 0 Å². The summed E-state index contributed by atoms with van der Waals surface area (Å²) in [4.78, 5) is 83.5. The van der Waals surface area contributed by atoms with Crippen molar-refractivity contribution < 1.29 is 62.7 Å². The lowest BCUT2D eigenvalue weighted by Gasteiger charge is -2.64. The van der Waals surface area contributed by atoms with Crippen LogP contribution in [0.2, 0.25) is 0 Å². The number of urea groups is 1. The van der Waals surface area contributed by atoms with Crippen LogP contribution in [0.5, 0.6) is 0 Å². The number of aliphatic hydroxyl groups excluding tert-OH is 1. The molecule has 328 valence electrons. The zero-order valence-corrected chi connectivity index (χ0v) is 36.0. The Hall–Kier alpha value is -5.12. The summed E-state index contributed by atoms with van der Waals surface area (Å²) in [6.45, 7) is 14.3. The summed E-state index contributed by atoms with van der Waals surface area (Å²) >= 11 is 0. The number of benzene rings is 2. The van der Waals surface area contributed by atoms with Crippen LogP contribution >= 0.6 is 0 Å². The topological polar surface area (TPSA) is 213 Å². The lowest BCUT2D eigenvalue weighted by Crippen LogP contribution is -2.78. The van der Waals surface area contributed by atoms with E-state index in [4.69, 9.17) is 23.7 Å². The van der Waals surface area contributed by atoms with E-state index in [0.717, 1.165) is 0 Å². The summed E-state index contributed by atoms with van der Waals surface area (Å²) < 4.78 is 30.8. The van der Waals surface area contributed by atoms with E-state index in [0.29, 0.717) is 12.0 Å². The number of hydrogen-bond donors (Lipinski definition) is 4. The molecule has 1 saturated heterocycles. The Bertz CT molecular complexity index is 2150. The van der Waals surface area contributed by atoms with E-state index in [2.05, 4.69) is 10.6 Å². The Kier molecular flexibility index (Phi) is 11.1. The second-order valence-corrected chi connectivity index (χ2v) is 19.0. The number of esters is 4. The predicted octanol–water partition coefficient (Wildman–Crippen LogP) is 4.49. The molecule has 7 rings (SSSR count). The molecule has 1 aliphatic heterocycles. The molecule has 0 aromatic heterocycles. The molecule has 2 aromatic rings. The number of hydrogen-bond acceptors (Lipinski definition) is 13. The molecular weight excluding hydrogens is 789 g/mol. The van der Waals surface area contributed by atoms with Gasteiger partial charge in [-0.05, 0) is 69.2 Å².